The number of carbonyl (C=O) groups is 2. The molecule has 0 saturated heterocycles. The van der Waals surface area contributed by atoms with Gasteiger partial charge in [0.25, 0.3) is 5.91 Å². The van der Waals surface area contributed by atoms with Gasteiger partial charge in [0.1, 0.15) is 11.4 Å². The van der Waals surface area contributed by atoms with E-state index in [2.05, 4.69) is 15.3 Å². The van der Waals surface area contributed by atoms with E-state index in [1.54, 1.807) is 0 Å². The fraction of sp³-hybridized carbons (Fsp3) is 0.294. The molecular weight excluding hydrogens is 310 g/mol. The lowest BCUT2D eigenvalue weighted by Gasteiger charge is -2.07. The second-order valence-corrected chi connectivity index (χ2v) is 5.22. The van der Waals surface area contributed by atoms with Crippen LogP contribution in [0.15, 0.2) is 36.7 Å². The normalized spacial score (nSPS) is 10.2. The van der Waals surface area contributed by atoms with Crippen molar-refractivity contribution in [1.82, 2.24) is 15.3 Å². The van der Waals surface area contributed by atoms with Crippen LogP contribution < -0.4 is 10.1 Å². The number of benzene rings is 1. The van der Waals surface area contributed by atoms with Crippen molar-refractivity contribution in [2.45, 2.75) is 19.8 Å². The van der Waals surface area contributed by atoms with Gasteiger partial charge in [0, 0.05) is 6.54 Å². The van der Waals surface area contributed by atoms with Gasteiger partial charge >= 0.3 is 5.97 Å². The van der Waals surface area contributed by atoms with Gasteiger partial charge in [-0.3, -0.25) is 4.79 Å². The van der Waals surface area contributed by atoms with Gasteiger partial charge in [-0.15, -0.1) is 0 Å². The molecule has 0 unspecified atom stereocenters. The number of carboxylic acids is 1. The lowest BCUT2D eigenvalue weighted by Crippen LogP contribution is -2.26. The van der Waals surface area contributed by atoms with Crippen molar-refractivity contribution in [3.8, 4) is 5.75 Å². The summed E-state index contributed by atoms with van der Waals surface area (Å²) in [6.45, 7) is 3.08. The Morgan fingerprint density at radius 2 is 1.75 bits per heavy atom. The molecule has 1 aromatic carbocycles. The van der Waals surface area contributed by atoms with Crippen molar-refractivity contribution < 1.29 is 19.4 Å². The quantitative estimate of drug-likeness (QED) is 0.719. The maximum absolute atomic E-state index is 11.8. The number of hydrogen-bond donors (Lipinski definition) is 2. The lowest BCUT2D eigenvalue weighted by atomic mass is 10.2. The van der Waals surface area contributed by atoms with E-state index in [-0.39, 0.29) is 17.3 Å². The molecule has 0 atom stereocenters. The van der Waals surface area contributed by atoms with Gasteiger partial charge in [0.2, 0.25) is 0 Å². The number of aryl methyl sites for hydroxylation is 1. The van der Waals surface area contributed by atoms with Crippen molar-refractivity contribution in [3.05, 3.63) is 53.6 Å². The predicted molar refractivity (Wildman–Crippen MR) is 87.2 cm³/mol. The average Bonchev–Trinajstić information content (AvgIpc) is 2.59. The Hall–Kier alpha value is -2.96. The maximum Gasteiger partial charge on any atom is 0.356 e. The van der Waals surface area contributed by atoms with Gasteiger partial charge in [-0.1, -0.05) is 17.7 Å². The number of hydrogen-bond acceptors (Lipinski definition) is 5. The Morgan fingerprint density at radius 1 is 1.08 bits per heavy atom. The molecule has 0 saturated carbocycles. The van der Waals surface area contributed by atoms with E-state index in [4.69, 9.17) is 9.84 Å². The summed E-state index contributed by atoms with van der Waals surface area (Å²) in [6, 6.07) is 7.84. The van der Waals surface area contributed by atoms with Gasteiger partial charge in [-0.05, 0) is 31.9 Å². The largest absolute Gasteiger partial charge is 0.494 e. The number of rotatable bonds is 8. The highest BCUT2D eigenvalue weighted by atomic mass is 16.5. The van der Waals surface area contributed by atoms with Gasteiger partial charge in [0.05, 0.1) is 19.0 Å². The average molecular weight is 329 g/mol. The SMILES string of the molecule is Cc1ccc(OCCCCNC(=O)c2cnc(C(=O)O)cn2)cc1. The highest BCUT2D eigenvalue weighted by molar-refractivity contribution is 5.92. The Kier molecular flexibility index (Phi) is 6.24. The van der Waals surface area contributed by atoms with Crippen molar-refractivity contribution in [2.24, 2.45) is 0 Å². The molecule has 0 radical (unpaired) electrons. The van der Waals surface area contributed by atoms with Crippen LogP contribution in [0.2, 0.25) is 0 Å². The van der Waals surface area contributed by atoms with Crippen LogP contribution >= 0.6 is 0 Å². The molecule has 2 aromatic rings. The molecule has 0 aliphatic heterocycles. The summed E-state index contributed by atoms with van der Waals surface area (Å²) in [7, 11) is 0. The van der Waals surface area contributed by atoms with Crippen LogP contribution in [0, 0.1) is 6.92 Å². The molecule has 126 valence electrons. The number of unbranched alkanes of at least 4 members (excludes halogenated alkanes) is 1. The van der Waals surface area contributed by atoms with Crippen LogP contribution in [-0.4, -0.2) is 40.1 Å². The van der Waals surface area contributed by atoms with Crippen molar-refractivity contribution >= 4 is 11.9 Å². The highest BCUT2D eigenvalue weighted by Crippen LogP contribution is 2.11. The highest BCUT2D eigenvalue weighted by Gasteiger charge is 2.10. The lowest BCUT2D eigenvalue weighted by molar-refractivity contribution is 0.0689. The summed E-state index contributed by atoms with van der Waals surface area (Å²) in [4.78, 5) is 29.9. The summed E-state index contributed by atoms with van der Waals surface area (Å²) < 4.78 is 5.60. The van der Waals surface area contributed by atoms with E-state index in [9.17, 15) is 9.59 Å². The fourth-order valence-electron chi connectivity index (χ4n) is 1.90. The second-order valence-electron chi connectivity index (χ2n) is 5.22. The molecule has 7 heteroatoms. The van der Waals surface area contributed by atoms with Crippen molar-refractivity contribution in [3.63, 3.8) is 0 Å². The van der Waals surface area contributed by atoms with Gasteiger partial charge < -0.3 is 15.2 Å². The Bertz CT molecular complexity index is 684. The van der Waals surface area contributed by atoms with E-state index in [1.165, 1.54) is 5.56 Å². The standard InChI is InChI=1S/C17H19N3O4/c1-12-4-6-13(7-5-12)24-9-3-2-8-18-16(21)14-10-20-15(11-19-14)17(22)23/h4-7,10-11H,2-3,8-9H2,1H3,(H,18,21)(H,22,23). The molecule has 0 aliphatic carbocycles. The zero-order chi connectivity index (χ0) is 17.4. The fourth-order valence-corrected chi connectivity index (χ4v) is 1.90. The minimum absolute atomic E-state index is 0.0934. The molecule has 0 spiro atoms. The molecule has 0 bridgehead atoms. The molecule has 1 aromatic heterocycles. The van der Waals surface area contributed by atoms with Crippen LogP contribution in [0.4, 0.5) is 0 Å². The molecule has 1 heterocycles. The minimum atomic E-state index is -1.18. The molecule has 2 N–H and O–H groups in total. The van der Waals surface area contributed by atoms with Crippen LogP contribution in [0.25, 0.3) is 0 Å². The molecule has 1 amide bonds. The van der Waals surface area contributed by atoms with E-state index >= 15 is 0 Å². The summed E-state index contributed by atoms with van der Waals surface area (Å²) in [6.07, 6.45) is 3.78. The van der Waals surface area contributed by atoms with Gasteiger partial charge in [-0.2, -0.15) is 0 Å². The summed E-state index contributed by atoms with van der Waals surface area (Å²) >= 11 is 0. The molecule has 2 rings (SSSR count). The summed E-state index contributed by atoms with van der Waals surface area (Å²) in [5.41, 5.74) is 1.08. The van der Waals surface area contributed by atoms with Crippen molar-refractivity contribution in [2.75, 3.05) is 13.2 Å². The maximum atomic E-state index is 11.8. The number of amides is 1. The van der Waals surface area contributed by atoms with E-state index in [1.807, 2.05) is 31.2 Å². The Balaban J connectivity index is 1.64. The third-order valence-corrected chi connectivity index (χ3v) is 3.25. The topological polar surface area (TPSA) is 101 Å². The second kappa shape index (κ2) is 8.61. The monoisotopic (exact) mass is 329 g/mol. The molecule has 24 heavy (non-hydrogen) atoms. The van der Waals surface area contributed by atoms with Crippen LogP contribution in [0.1, 0.15) is 39.4 Å². The first-order valence-electron chi connectivity index (χ1n) is 7.59. The third-order valence-electron chi connectivity index (χ3n) is 3.25. The number of carboxylic acid groups (broad SMARTS) is 1. The summed E-state index contributed by atoms with van der Waals surface area (Å²) in [5, 5.41) is 11.4. The molecular formula is C17H19N3O4. The first kappa shape index (κ1) is 17.4. The molecule has 0 fully saturated rings. The minimum Gasteiger partial charge on any atom is -0.494 e. The number of carbonyl (C=O) groups excluding carboxylic acids is 1. The number of aromatic nitrogens is 2. The van der Waals surface area contributed by atoms with Crippen LogP contribution in [-0.2, 0) is 0 Å². The van der Waals surface area contributed by atoms with Crippen LogP contribution in [0.3, 0.4) is 0 Å². The number of nitrogens with one attached hydrogen (secondary N) is 1. The van der Waals surface area contributed by atoms with E-state index in [0.29, 0.717) is 13.2 Å². The van der Waals surface area contributed by atoms with E-state index < -0.39 is 5.97 Å². The van der Waals surface area contributed by atoms with Crippen LogP contribution in [0.5, 0.6) is 5.75 Å². The predicted octanol–water partition coefficient (Wildman–Crippen LogP) is 2.07. The smallest absolute Gasteiger partial charge is 0.356 e. The van der Waals surface area contributed by atoms with E-state index in [0.717, 1.165) is 31.0 Å². The first-order chi connectivity index (χ1) is 11.6. The number of nitrogens with zero attached hydrogens (tertiary/aromatic N) is 2. The van der Waals surface area contributed by atoms with Gasteiger partial charge in [-0.25, -0.2) is 14.8 Å². The number of ether oxygens (including phenoxy) is 1. The molecule has 7 nitrogen and oxygen atoms in total. The number of aromatic carboxylic acids is 1. The molecule has 0 aliphatic rings. The zero-order valence-corrected chi connectivity index (χ0v) is 13.4. The Labute approximate surface area is 139 Å². The first-order valence-corrected chi connectivity index (χ1v) is 7.59. The van der Waals surface area contributed by atoms with Gasteiger partial charge in [0.15, 0.2) is 5.69 Å². The Morgan fingerprint density at radius 3 is 2.38 bits per heavy atom. The van der Waals surface area contributed by atoms with Crippen molar-refractivity contribution in [1.29, 1.82) is 0 Å². The zero-order valence-electron chi connectivity index (χ0n) is 13.4. The third kappa shape index (κ3) is 5.35. The summed E-state index contributed by atoms with van der Waals surface area (Å²) in [5.74, 6) is -0.722.